The minimum atomic E-state index is -0.834. The van der Waals surface area contributed by atoms with E-state index in [-0.39, 0.29) is 17.2 Å². The molecule has 0 aliphatic carbocycles. The molecular formula is C28H29F2N9O2. The van der Waals surface area contributed by atoms with Crippen molar-refractivity contribution in [3.8, 4) is 11.8 Å². The van der Waals surface area contributed by atoms with Crippen LogP contribution >= 0.6 is 0 Å². The minimum absolute atomic E-state index is 0.0483. The lowest BCUT2D eigenvalue weighted by molar-refractivity contribution is 0.0503. The molecule has 0 bridgehead atoms. The van der Waals surface area contributed by atoms with Crippen molar-refractivity contribution in [3.05, 3.63) is 83.4 Å². The fourth-order valence-corrected chi connectivity index (χ4v) is 3.96. The van der Waals surface area contributed by atoms with E-state index in [0.29, 0.717) is 22.6 Å². The van der Waals surface area contributed by atoms with Crippen molar-refractivity contribution in [1.29, 1.82) is 5.26 Å². The first-order chi connectivity index (χ1) is 19.4. The zero-order valence-electron chi connectivity index (χ0n) is 23.1. The minimum Gasteiger partial charge on any atom is -0.444 e. The molecule has 3 heterocycles. The molecular weight excluding hydrogens is 532 g/mol. The van der Waals surface area contributed by atoms with Crippen LogP contribution in [0.4, 0.5) is 30.9 Å². The molecule has 11 nitrogen and oxygen atoms in total. The second-order valence-electron chi connectivity index (χ2n) is 10.2. The van der Waals surface area contributed by atoms with Gasteiger partial charge in [-0.2, -0.15) is 15.5 Å². The summed E-state index contributed by atoms with van der Waals surface area (Å²) in [6.45, 7) is 8.63. The summed E-state index contributed by atoms with van der Waals surface area (Å²) in [5.74, 6) is -1.51. The molecule has 0 aliphatic rings. The number of alkyl carbamates (subject to hydrolysis) is 1. The van der Waals surface area contributed by atoms with E-state index >= 15 is 4.39 Å². The Hall–Kier alpha value is -5.12. The van der Waals surface area contributed by atoms with Gasteiger partial charge < -0.3 is 20.7 Å². The summed E-state index contributed by atoms with van der Waals surface area (Å²) in [4.78, 5) is 22.6. The molecule has 1 amide bonds. The number of carbonyl (C=O) groups excluding carboxylic acids is 1. The fourth-order valence-electron chi connectivity index (χ4n) is 3.96. The molecule has 0 aliphatic heterocycles. The number of aromatic nitrogens is 5. The Labute approximate surface area is 235 Å². The van der Waals surface area contributed by atoms with Gasteiger partial charge in [0.1, 0.15) is 23.2 Å². The van der Waals surface area contributed by atoms with Crippen molar-refractivity contribution in [2.24, 2.45) is 0 Å². The van der Waals surface area contributed by atoms with Crippen LogP contribution < -0.4 is 16.0 Å². The van der Waals surface area contributed by atoms with Gasteiger partial charge in [-0.15, -0.1) is 4.80 Å². The molecule has 4 aromatic rings. The van der Waals surface area contributed by atoms with Gasteiger partial charge in [0.2, 0.25) is 0 Å². The van der Waals surface area contributed by atoms with Crippen molar-refractivity contribution < 1.29 is 18.3 Å². The highest BCUT2D eigenvalue weighted by Crippen LogP contribution is 2.29. The highest BCUT2D eigenvalue weighted by atomic mass is 19.1. The molecule has 0 saturated carbocycles. The first-order valence-corrected chi connectivity index (χ1v) is 12.7. The topological polar surface area (TPSA) is 143 Å². The summed E-state index contributed by atoms with van der Waals surface area (Å²) in [5, 5.41) is 26.6. The second kappa shape index (κ2) is 12.0. The number of rotatable bonds is 8. The molecule has 13 heteroatoms. The third-order valence-electron chi connectivity index (χ3n) is 5.80. The molecule has 0 fully saturated rings. The number of anilines is 3. The van der Waals surface area contributed by atoms with E-state index in [0.717, 1.165) is 6.07 Å². The Kier molecular flexibility index (Phi) is 8.42. The van der Waals surface area contributed by atoms with Crippen molar-refractivity contribution in [1.82, 2.24) is 30.3 Å². The molecule has 212 valence electrons. The van der Waals surface area contributed by atoms with Gasteiger partial charge in [0.15, 0.2) is 17.5 Å². The molecule has 3 N–H and O–H groups in total. The Morgan fingerprint density at radius 1 is 1.12 bits per heavy atom. The number of amides is 1. The Balaban J connectivity index is 1.67. The number of hydrogen-bond acceptors (Lipinski definition) is 9. The first-order valence-electron chi connectivity index (χ1n) is 12.7. The van der Waals surface area contributed by atoms with E-state index in [2.05, 4.69) is 36.1 Å². The lowest BCUT2D eigenvalue weighted by atomic mass is 10.00. The molecule has 0 saturated heterocycles. The number of nitrogens with zero attached hydrogens (tertiary/aromatic N) is 6. The number of carbonyl (C=O) groups is 1. The molecule has 0 spiro atoms. The van der Waals surface area contributed by atoms with E-state index in [1.807, 2.05) is 6.07 Å². The standard InChI is InChI=1S/C28H29F2N9O2/c1-16-23(39-33-9-10-34-39)13-21(15-32-16)36-25-19(14-31)12-22(30)26(38-25)37-24(18-7-6-8-20(29)11-18)17(2)35-27(40)41-28(3,4)5/h6-13,15,17,24H,1-5H3,(H,35,40)(H2,36,37,38)/t17-,24-/m0/s1. The van der Waals surface area contributed by atoms with E-state index in [4.69, 9.17) is 4.74 Å². The monoisotopic (exact) mass is 561 g/mol. The third kappa shape index (κ3) is 7.30. The zero-order chi connectivity index (χ0) is 29.7. The molecule has 0 radical (unpaired) electrons. The molecule has 1 aromatic carbocycles. The molecule has 41 heavy (non-hydrogen) atoms. The van der Waals surface area contributed by atoms with Crippen LogP contribution in [-0.2, 0) is 4.74 Å². The molecule has 0 unspecified atom stereocenters. The van der Waals surface area contributed by atoms with Crippen LogP contribution in [0, 0.1) is 29.9 Å². The van der Waals surface area contributed by atoms with Gasteiger partial charge in [0, 0.05) is 0 Å². The first kappa shape index (κ1) is 28.9. The van der Waals surface area contributed by atoms with Gasteiger partial charge in [-0.05, 0) is 64.4 Å². The predicted octanol–water partition coefficient (Wildman–Crippen LogP) is 5.33. The lowest BCUT2D eigenvalue weighted by Gasteiger charge is -2.29. The van der Waals surface area contributed by atoms with Crippen LogP contribution in [-0.4, -0.2) is 42.7 Å². The second-order valence-corrected chi connectivity index (χ2v) is 10.2. The SMILES string of the molecule is Cc1ncc(Nc2nc(N[C@H](c3cccc(F)c3)[C@H](C)NC(=O)OC(C)(C)C)c(F)cc2C#N)cc1-n1nccn1. The number of aryl methyl sites for hydroxylation is 1. The number of ether oxygens (including phenoxy) is 1. The summed E-state index contributed by atoms with van der Waals surface area (Å²) in [6, 6.07) is 8.83. The van der Waals surface area contributed by atoms with Crippen LogP contribution in [0.15, 0.2) is 55.0 Å². The van der Waals surface area contributed by atoms with E-state index in [9.17, 15) is 14.4 Å². The summed E-state index contributed by atoms with van der Waals surface area (Å²) in [5.41, 5.74) is 1.32. The molecule has 3 aromatic heterocycles. The van der Waals surface area contributed by atoms with Gasteiger partial charge in [-0.1, -0.05) is 12.1 Å². The predicted molar refractivity (Wildman–Crippen MR) is 148 cm³/mol. The maximum Gasteiger partial charge on any atom is 0.407 e. The van der Waals surface area contributed by atoms with Gasteiger partial charge in [0.25, 0.3) is 0 Å². The number of benzene rings is 1. The maximum atomic E-state index is 15.2. The van der Waals surface area contributed by atoms with Crippen LogP contribution in [0.25, 0.3) is 5.69 Å². The number of pyridine rings is 2. The number of halogens is 2. The smallest absolute Gasteiger partial charge is 0.407 e. The third-order valence-corrected chi connectivity index (χ3v) is 5.80. The van der Waals surface area contributed by atoms with Crippen molar-refractivity contribution in [2.45, 2.75) is 52.3 Å². The summed E-state index contributed by atoms with van der Waals surface area (Å²) in [7, 11) is 0. The quantitative estimate of drug-likeness (QED) is 0.260. The maximum absolute atomic E-state index is 15.2. The van der Waals surface area contributed by atoms with Crippen molar-refractivity contribution >= 4 is 23.4 Å². The zero-order valence-corrected chi connectivity index (χ0v) is 23.1. The van der Waals surface area contributed by atoms with Crippen molar-refractivity contribution in [2.75, 3.05) is 10.6 Å². The Morgan fingerprint density at radius 2 is 1.85 bits per heavy atom. The van der Waals surface area contributed by atoms with E-state index in [1.165, 1.54) is 41.6 Å². The molecule has 4 rings (SSSR count). The highest BCUT2D eigenvalue weighted by Gasteiger charge is 2.26. The highest BCUT2D eigenvalue weighted by molar-refractivity contribution is 5.69. The van der Waals surface area contributed by atoms with Gasteiger partial charge in [-0.3, -0.25) is 4.98 Å². The number of hydrogen-bond donors (Lipinski definition) is 3. The van der Waals surface area contributed by atoms with Crippen molar-refractivity contribution in [3.63, 3.8) is 0 Å². The normalized spacial score (nSPS) is 12.6. The Bertz CT molecular complexity index is 1580. The van der Waals surface area contributed by atoms with Gasteiger partial charge in [-0.25, -0.2) is 18.6 Å². The fraction of sp³-hybridized carbons (Fsp3) is 0.286. The largest absolute Gasteiger partial charge is 0.444 e. The van der Waals surface area contributed by atoms with E-state index in [1.54, 1.807) is 46.8 Å². The van der Waals surface area contributed by atoms with Crippen LogP contribution in [0.5, 0.6) is 0 Å². The van der Waals surface area contributed by atoms with Gasteiger partial charge in [0.05, 0.1) is 47.6 Å². The Morgan fingerprint density at radius 3 is 2.51 bits per heavy atom. The van der Waals surface area contributed by atoms with Crippen LogP contribution in [0.2, 0.25) is 0 Å². The van der Waals surface area contributed by atoms with Gasteiger partial charge >= 0.3 is 6.09 Å². The van der Waals surface area contributed by atoms with Crippen LogP contribution in [0.1, 0.15) is 50.6 Å². The lowest BCUT2D eigenvalue weighted by Crippen LogP contribution is -2.42. The molecule has 2 atom stereocenters. The van der Waals surface area contributed by atoms with E-state index < -0.39 is 35.4 Å². The van der Waals surface area contributed by atoms with Crippen LogP contribution in [0.3, 0.4) is 0 Å². The summed E-state index contributed by atoms with van der Waals surface area (Å²) < 4.78 is 34.8. The average Bonchev–Trinajstić information content (AvgIpc) is 3.43. The number of nitriles is 1. The summed E-state index contributed by atoms with van der Waals surface area (Å²) >= 11 is 0. The average molecular weight is 562 g/mol. The summed E-state index contributed by atoms with van der Waals surface area (Å²) in [6.07, 6.45) is 3.89. The number of nitrogens with one attached hydrogen (secondary N) is 3.